The smallest absolute Gasteiger partial charge is 0.270 e. The van der Waals surface area contributed by atoms with Gasteiger partial charge in [-0.15, -0.1) is 0 Å². The van der Waals surface area contributed by atoms with E-state index in [1.807, 2.05) is 23.1 Å². The van der Waals surface area contributed by atoms with Crippen LogP contribution in [0.25, 0.3) is 10.9 Å². The molecule has 1 saturated heterocycles. The van der Waals surface area contributed by atoms with E-state index in [1.165, 1.54) is 18.2 Å². The van der Waals surface area contributed by atoms with Crippen molar-refractivity contribution in [3.05, 3.63) is 64.3 Å². The van der Waals surface area contributed by atoms with Gasteiger partial charge in [0, 0.05) is 62.9 Å². The molecule has 10 heteroatoms. The number of anilines is 2. The molecule has 0 atom stereocenters. The summed E-state index contributed by atoms with van der Waals surface area (Å²) in [4.78, 5) is 35.8. The van der Waals surface area contributed by atoms with Crippen LogP contribution in [0.4, 0.5) is 17.3 Å². The third-order valence-electron chi connectivity index (χ3n) is 5.37. The molecular weight excluding hydrogens is 410 g/mol. The standard InChI is InChI=1S/C22H21N7O3/c23-15-16-13-20(26-19-5-4-17(29(31)32)14-18(16)19)24-8-6-22(30)28-11-9-27(10-12-28)21-3-1-2-7-25-21/h1-5,7,13-14H,6,8-12H2,(H,24,26). The van der Waals surface area contributed by atoms with Crippen molar-refractivity contribution in [2.75, 3.05) is 42.9 Å². The zero-order valence-electron chi connectivity index (χ0n) is 17.3. The van der Waals surface area contributed by atoms with Gasteiger partial charge in [0.25, 0.3) is 5.69 Å². The van der Waals surface area contributed by atoms with Crippen LogP contribution >= 0.6 is 0 Å². The van der Waals surface area contributed by atoms with Gasteiger partial charge < -0.3 is 15.1 Å². The third kappa shape index (κ3) is 4.57. The van der Waals surface area contributed by atoms with Crippen LogP contribution in [0.1, 0.15) is 12.0 Å². The Morgan fingerprint density at radius 2 is 2.00 bits per heavy atom. The number of non-ortho nitro benzene ring substituents is 1. The van der Waals surface area contributed by atoms with Crippen LogP contribution < -0.4 is 10.2 Å². The summed E-state index contributed by atoms with van der Waals surface area (Å²) in [7, 11) is 0. The maximum Gasteiger partial charge on any atom is 0.270 e. The Morgan fingerprint density at radius 3 is 2.69 bits per heavy atom. The third-order valence-corrected chi connectivity index (χ3v) is 5.37. The number of nitrogens with zero attached hydrogens (tertiary/aromatic N) is 6. The fourth-order valence-corrected chi connectivity index (χ4v) is 3.69. The van der Waals surface area contributed by atoms with Gasteiger partial charge in [0.2, 0.25) is 5.91 Å². The van der Waals surface area contributed by atoms with Crippen LogP contribution in [0, 0.1) is 21.4 Å². The van der Waals surface area contributed by atoms with Crippen LogP contribution in [0.3, 0.4) is 0 Å². The summed E-state index contributed by atoms with van der Waals surface area (Å²) >= 11 is 0. The molecule has 3 aromatic rings. The number of carbonyl (C=O) groups excluding carboxylic acids is 1. The van der Waals surface area contributed by atoms with Crippen LogP contribution in [-0.2, 0) is 4.79 Å². The molecule has 1 amide bonds. The molecule has 0 saturated carbocycles. The lowest BCUT2D eigenvalue weighted by Gasteiger charge is -2.35. The Balaban J connectivity index is 1.33. The van der Waals surface area contributed by atoms with Crippen LogP contribution in [-0.4, -0.2) is 58.4 Å². The average Bonchev–Trinajstić information content (AvgIpc) is 2.83. The quantitative estimate of drug-likeness (QED) is 0.466. The zero-order chi connectivity index (χ0) is 22.5. The number of benzene rings is 1. The Morgan fingerprint density at radius 1 is 1.19 bits per heavy atom. The Bertz CT molecular complexity index is 1190. The van der Waals surface area contributed by atoms with E-state index in [0.717, 1.165) is 18.9 Å². The predicted molar refractivity (Wildman–Crippen MR) is 119 cm³/mol. The minimum absolute atomic E-state index is 0.0510. The number of nitro benzene ring substituents is 1. The van der Waals surface area contributed by atoms with E-state index in [4.69, 9.17) is 0 Å². The first kappa shape index (κ1) is 21.0. The monoisotopic (exact) mass is 431 g/mol. The van der Waals surface area contributed by atoms with Crippen molar-refractivity contribution >= 4 is 34.1 Å². The van der Waals surface area contributed by atoms with Crippen molar-refractivity contribution < 1.29 is 9.72 Å². The lowest BCUT2D eigenvalue weighted by molar-refractivity contribution is -0.384. The van der Waals surface area contributed by atoms with Crippen molar-refractivity contribution in [2.45, 2.75) is 6.42 Å². The summed E-state index contributed by atoms with van der Waals surface area (Å²) in [6.45, 7) is 3.12. The molecule has 1 aliphatic rings. The van der Waals surface area contributed by atoms with Crippen molar-refractivity contribution in [2.24, 2.45) is 0 Å². The predicted octanol–water partition coefficient (Wildman–Crippen LogP) is 2.56. The molecule has 32 heavy (non-hydrogen) atoms. The Labute approximate surface area is 184 Å². The van der Waals surface area contributed by atoms with E-state index in [1.54, 1.807) is 12.3 Å². The number of nitro groups is 1. The van der Waals surface area contributed by atoms with E-state index >= 15 is 0 Å². The fourth-order valence-electron chi connectivity index (χ4n) is 3.69. The Kier molecular flexibility index (Phi) is 6.07. The van der Waals surface area contributed by atoms with Crippen LogP contribution in [0.5, 0.6) is 0 Å². The highest BCUT2D eigenvalue weighted by Crippen LogP contribution is 2.25. The SMILES string of the molecule is N#Cc1cc(NCCC(=O)N2CCN(c3ccccn3)CC2)nc2ccc([N+](=O)[O-])cc12. The first-order valence-corrected chi connectivity index (χ1v) is 10.2. The number of fused-ring (bicyclic) bond motifs is 1. The largest absolute Gasteiger partial charge is 0.369 e. The van der Waals surface area contributed by atoms with Crippen LogP contribution in [0.15, 0.2) is 48.7 Å². The van der Waals surface area contributed by atoms with E-state index < -0.39 is 4.92 Å². The molecule has 0 bridgehead atoms. The number of rotatable bonds is 6. The number of amides is 1. The van der Waals surface area contributed by atoms with Crippen LogP contribution in [0.2, 0.25) is 0 Å². The van der Waals surface area contributed by atoms with Gasteiger partial charge in [0.15, 0.2) is 0 Å². The molecule has 1 aliphatic heterocycles. The summed E-state index contributed by atoms with van der Waals surface area (Å²) in [6.07, 6.45) is 2.06. The number of nitrogens with one attached hydrogen (secondary N) is 1. The highest BCUT2D eigenvalue weighted by molar-refractivity contribution is 5.88. The van der Waals surface area contributed by atoms with Crippen molar-refractivity contribution in [1.29, 1.82) is 5.26 Å². The molecule has 10 nitrogen and oxygen atoms in total. The minimum atomic E-state index is -0.505. The van der Waals surface area contributed by atoms with Crippen molar-refractivity contribution in [3.8, 4) is 6.07 Å². The second kappa shape index (κ2) is 9.26. The maximum atomic E-state index is 12.6. The summed E-state index contributed by atoms with van der Waals surface area (Å²) in [5, 5.41) is 23.9. The number of aromatic nitrogens is 2. The van der Waals surface area contributed by atoms with Gasteiger partial charge in [-0.1, -0.05) is 6.07 Å². The fraction of sp³-hybridized carbons (Fsp3) is 0.273. The van der Waals surface area contributed by atoms with E-state index in [9.17, 15) is 20.2 Å². The number of hydrogen-bond donors (Lipinski definition) is 1. The normalized spacial score (nSPS) is 13.6. The molecule has 0 spiro atoms. The second-order valence-electron chi connectivity index (χ2n) is 7.36. The molecule has 0 radical (unpaired) electrons. The molecule has 0 unspecified atom stereocenters. The number of pyridine rings is 2. The summed E-state index contributed by atoms with van der Waals surface area (Å²) in [5.41, 5.74) is 0.678. The van der Waals surface area contributed by atoms with Crippen molar-refractivity contribution in [3.63, 3.8) is 0 Å². The minimum Gasteiger partial charge on any atom is -0.369 e. The first-order chi connectivity index (χ1) is 15.5. The van der Waals surface area contributed by atoms with E-state index in [0.29, 0.717) is 42.8 Å². The van der Waals surface area contributed by atoms with Gasteiger partial charge in [0.1, 0.15) is 11.6 Å². The number of nitriles is 1. The highest BCUT2D eigenvalue weighted by atomic mass is 16.6. The molecule has 1 fully saturated rings. The van der Waals surface area contributed by atoms with Gasteiger partial charge >= 0.3 is 0 Å². The van der Waals surface area contributed by atoms with Gasteiger partial charge in [-0.2, -0.15) is 5.26 Å². The molecule has 4 rings (SSSR count). The number of carbonyl (C=O) groups is 1. The van der Waals surface area contributed by atoms with Gasteiger partial charge in [-0.05, 0) is 24.3 Å². The number of hydrogen-bond acceptors (Lipinski definition) is 8. The molecule has 2 aromatic heterocycles. The summed E-state index contributed by atoms with van der Waals surface area (Å²) in [6, 6.07) is 13.6. The molecule has 1 aromatic carbocycles. The molecule has 162 valence electrons. The lowest BCUT2D eigenvalue weighted by Crippen LogP contribution is -2.49. The van der Waals surface area contributed by atoms with E-state index in [2.05, 4.69) is 26.3 Å². The molecular formula is C22H21N7O3. The average molecular weight is 431 g/mol. The summed E-state index contributed by atoms with van der Waals surface area (Å²) in [5.74, 6) is 1.42. The molecule has 0 aliphatic carbocycles. The highest BCUT2D eigenvalue weighted by Gasteiger charge is 2.21. The Hall–Kier alpha value is -4.26. The topological polar surface area (TPSA) is 128 Å². The maximum absolute atomic E-state index is 12.6. The van der Waals surface area contributed by atoms with Gasteiger partial charge in [-0.25, -0.2) is 9.97 Å². The lowest BCUT2D eigenvalue weighted by atomic mass is 10.1. The number of piperazine rings is 1. The van der Waals surface area contributed by atoms with Gasteiger partial charge in [0.05, 0.1) is 22.1 Å². The van der Waals surface area contributed by atoms with Gasteiger partial charge in [-0.3, -0.25) is 14.9 Å². The zero-order valence-corrected chi connectivity index (χ0v) is 17.3. The summed E-state index contributed by atoms with van der Waals surface area (Å²) < 4.78 is 0. The second-order valence-corrected chi connectivity index (χ2v) is 7.36. The molecule has 3 heterocycles. The van der Waals surface area contributed by atoms with Crippen molar-refractivity contribution in [1.82, 2.24) is 14.9 Å². The molecule has 1 N–H and O–H groups in total. The first-order valence-electron chi connectivity index (χ1n) is 10.2. The van der Waals surface area contributed by atoms with E-state index in [-0.39, 0.29) is 17.2 Å².